The number of nitrogens with zero attached hydrogens (tertiary/aromatic N) is 4. The van der Waals surface area contributed by atoms with E-state index in [-0.39, 0.29) is 18.1 Å². The fraction of sp³-hybridized carbons (Fsp3) is 0.280. The molecule has 0 radical (unpaired) electrons. The van der Waals surface area contributed by atoms with E-state index in [0.29, 0.717) is 48.6 Å². The zero-order valence-electron chi connectivity index (χ0n) is 18.9. The molecule has 1 saturated heterocycles. The number of anilines is 1. The molecular weight excluding hydrogens is 466 g/mol. The second-order valence-electron chi connectivity index (χ2n) is 8.50. The number of benzene rings is 2. The molecule has 1 fully saturated rings. The van der Waals surface area contributed by atoms with Gasteiger partial charge in [0.1, 0.15) is 16.6 Å². The predicted molar refractivity (Wildman–Crippen MR) is 133 cm³/mol. The van der Waals surface area contributed by atoms with Gasteiger partial charge in [-0.25, -0.2) is 9.97 Å². The fourth-order valence-electron chi connectivity index (χ4n) is 4.35. The Kier molecular flexibility index (Phi) is 5.77. The number of ether oxygens (including phenoxy) is 2. The van der Waals surface area contributed by atoms with Crippen LogP contribution in [0.25, 0.3) is 22.2 Å². The standard InChI is InChI=1S/C25H23N5O4S/c31-23-14-34-21-6-5-16(11-19(21)27-23)20-15-35-24(28-20)13-30-22(12-29-7-9-33-10-8-29)26-18-4-2-1-3-17(18)25(30)32/h1-6,11,15H,7-10,12-14H2,(H,27,31). The third-order valence-corrected chi connectivity index (χ3v) is 7.00. The van der Waals surface area contributed by atoms with Crippen molar-refractivity contribution in [2.24, 2.45) is 0 Å². The summed E-state index contributed by atoms with van der Waals surface area (Å²) in [6.45, 7) is 3.91. The topological polar surface area (TPSA) is 98.6 Å². The van der Waals surface area contributed by atoms with Crippen LogP contribution in [0.5, 0.6) is 5.75 Å². The summed E-state index contributed by atoms with van der Waals surface area (Å²) >= 11 is 1.50. The number of hydrogen-bond donors (Lipinski definition) is 1. The molecule has 4 aromatic rings. The van der Waals surface area contributed by atoms with Gasteiger partial charge in [-0.1, -0.05) is 12.1 Å². The largest absolute Gasteiger partial charge is 0.482 e. The number of hydrogen-bond acceptors (Lipinski definition) is 8. The first-order valence-electron chi connectivity index (χ1n) is 11.4. The van der Waals surface area contributed by atoms with Crippen molar-refractivity contribution in [1.29, 1.82) is 0 Å². The average molecular weight is 490 g/mol. The lowest BCUT2D eigenvalue weighted by atomic mass is 10.1. The lowest BCUT2D eigenvalue weighted by Crippen LogP contribution is -2.38. The van der Waals surface area contributed by atoms with Gasteiger partial charge in [0.15, 0.2) is 6.61 Å². The number of fused-ring (bicyclic) bond motifs is 2. The molecule has 0 atom stereocenters. The molecular formula is C25H23N5O4S. The first kappa shape index (κ1) is 21.9. The van der Waals surface area contributed by atoms with Crippen LogP contribution < -0.4 is 15.6 Å². The summed E-state index contributed by atoms with van der Waals surface area (Å²) in [5, 5.41) is 6.20. The molecule has 2 aromatic heterocycles. The summed E-state index contributed by atoms with van der Waals surface area (Å²) in [7, 11) is 0. The van der Waals surface area contributed by atoms with Gasteiger partial charge in [0.25, 0.3) is 11.5 Å². The predicted octanol–water partition coefficient (Wildman–Crippen LogP) is 2.73. The Balaban J connectivity index is 1.33. The number of carbonyl (C=O) groups excluding carboxylic acids is 1. The van der Waals surface area contributed by atoms with Crippen LogP contribution in [-0.4, -0.2) is 58.3 Å². The lowest BCUT2D eigenvalue weighted by molar-refractivity contribution is -0.118. The van der Waals surface area contributed by atoms with Crippen molar-refractivity contribution >= 4 is 33.8 Å². The molecule has 1 amide bonds. The summed E-state index contributed by atoms with van der Waals surface area (Å²) in [5.41, 5.74) is 2.93. The van der Waals surface area contributed by atoms with Crippen molar-refractivity contribution in [1.82, 2.24) is 19.4 Å². The van der Waals surface area contributed by atoms with Crippen molar-refractivity contribution in [2.75, 3.05) is 38.2 Å². The van der Waals surface area contributed by atoms with Gasteiger partial charge in [0.05, 0.1) is 48.6 Å². The highest BCUT2D eigenvalue weighted by atomic mass is 32.1. The Morgan fingerprint density at radius 3 is 2.77 bits per heavy atom. The summed E-state index contributed by atoms with van der Waals surface area (Å²) in [6, 6.07) is 13.1. The molecule has 2 aliphatic rings. The summed E-state index contributed by atoms with van der Waals surface area (Å²) in [6.07, 6.45) is 0. The minimum absolute atomic E-state index is 0.0223. The smallest absolute Gasteiger partial charge is 0.262 e. The van der Waals surface area contributed by atoms with E-state index in [1.165, 1.54) is 11.3 Å². The summed E-state index contributed by atoms with van der Waals surface area (Å²) in [4.78, 5) is 37.1. The van der Waals surface area contributed by atoms with Gasteiger partial charge in [0, 0.05) is 24.0 Å². The van der Waals surface area contributed by atoms with Crippen LogP contribution in [0.3, 0.4) is 0 Å². The summed E-state index contributed by atoms with van der Waals surface area (Å²) < 4.78 is 12.7. The minimum atomic E-state index is -0.176. The molecule has 2 aromatic carbocycles. The Morgan fingerprint density at radius 2 is 1.89 bits per heavy atom. The SMILES string of the molecule is O=C1COc2ccc(-c3csc(Cn4c(CN5CCOCC5)nc5ccccc5c4=O)n3)cc2N1. The third kappa shape index (κ3) is 4.43. The second kappa shape index (κ2) is 9.21. The molecule has 0 aliphatic carbocycles. The van der Waals surface area contributed by atoms with Gasteiger partial charge in [-0.3, -0.25) is 19.1 Å². The van der Waals surface area contributed by atoms with Gasteiger partial charge in [-0.05, 0) is 30.3 Å². The van der Waals surface area contributed by atoms with E-state index in [9.17, 15) is 9.59 Å². The monoisotopic (exact) mass is 489 g/mol. The molecule has 0 bridgehead atoms. The molecule has 4 heterocycles. The van der Waals surface area contributed by atoms with Gasteiger partial charge in [0.2, 0.25) is 0 Å². The first-order chi connectivity index (χ1) is 17.1. The van der Waals surface area contributed by atoms with Crippen LogP contribution in [0.2, 0.25) is 0 Å². The number of nitrogens with one attached hydrogen (secondary N) is 1. The van der Waals surface area contributed by atoms with E-state index in [2.05, 4.69) is 10.2 Å². The zero-order valence-corrected chi connectivity index (χ0v) is 19.7. The molecule has 0 unspecified atom stereocenters. The lowest BCUT2D eigenvalue weighted by Gasteiger charge is -2.27. The van der Waals surface area contributed by atoms with E-state index < -0.39 is 0 Å². The van der Waals surface area contributed by atoms with Crippen molar-refractivity contribution in [2.45, 2.75) is 13.1 Å². The maximum Gasteiger partial charge on any atom is 0.262 e. The van der Waals surface area contributed by atoms with Crippen LogP contribution >= 0.6 is 11.3 Å². The van der Waals surface area contributed by atoms with Crippen LogP contribution in [0, 0.1) is 0 Å². The number of morpholine rings is 1. The van der Waals surface area contributed by atoms with Crippen LogP contribution in [0.1, 0.15) is 10.8 Å². The zero-order chi connectivity index (χ0) is 23.8. The van der Waals surface area contributed by atoms with Crippen molar-refractivity contribution in [3.63, 3.8) is 0 Å². The molecule has 1 N–H and O–H groups in total. The van der Waals surface area contributed by atoms with Crippen molar-refractivity contribution in [3.05, 3.63) is 69.0 Å². The second-order valence-corrected chi connectivity index (χ2v) is 9.44. The number of aromatic nitrogens is 3. The highest BCUT2D eigenvalue weighted by molar-refractivity contribution is 7.09. The van der Waals surface area contributed by atoms with Gasteiger partial charge < -0.3 is 14.8 Å². The quantitative estimate of drug-likeness (QED) is 0.460. The van der Waals surface area contributed by atoms with E-state index in [4.69, 9.17) is 19.4 Å². The molecule has 178 valence electrons. The van der Waals surface area contributed by atoms with Crippen molar-refractivity contribution in [3.8, 4) is 17.0 Å². The van der Waals surface area contributed by atoms with E-state index in [0.717, 1.165) is 35.2 Å². The Bertz CT molecular complexity index is 1470. The molecule has 2 aliphatic heterocycles. The highest BCUT2D eigenvalue weighted by Gasteiger charge is 2.19. The average Bonchev–Trinajstić information content (AvgIpc) is 3.35. The molecule has 6 rings (SSSR count). The maximum absolute atomic E-state index is 13.5. The minimum Gasteiger partial charge on any atom is -0.482 e. The number of amides is 1. The van der Waals surface area contributed by atoms with Gasteiger partial charge in [-0.15, -0.1) is 11.3 Å². The van der Waals surface area contributed by atoms with Gasteiger partial charge in [-0.2, -0.15) is 0 Å². The number of carbonyl (C=O) groups is 1. The molecule has 0 saturated carbocycles. The Labute approximate surface area is 205 Å². The Hall–Kier alpha value is -3.60. The fourth-order valence-corrected chi connectivity index (χ4v) is 5.14. The van der Waals surface area contributed by atoms with E-state index >= 15 is 0 Å². The Morgan fingerprint density at radius 1 is 1.03 bits per heavy atom. The number of para-hydroxylation sites is 1. The van der Waals surface area contributed by atoms with Crippen molar-refractivity contribution < 1.29 is 14.3 Å². The van der Waals surface area contributed by atoms with Crippen LogP contribution in [-0.2, 0) is 22.6 Å². The van der Waals surface area contributed by atoms with Crippen LogP contribution in [0.15, 0.2) is 52.6 Å². The van der Waals surface area contributed by atoms with Crippen LogP contribution in [0.4, 0.5) is 5.69 Å². The molecule has 9 nitrogen and oxygen atoms in total. The summed E-state index contributed by atoms with van der Waals surface area (Å²) in [5.74, 6) is 1.19. The maximum atomic E-state index is 13.5. The third-order valence-electron chi connectivity index (χ3n) is 6.16. The number of rotatable bonds is 5. The van der Waals surface area contributed by atoms with Gasteiger partial charge >= 0.3 is 0 Å². The molecule has 10 heteroatoms. The van der Waals surface area contributed by atoms with E-state index in [1.54, 1.807) is 4.57 Å². The highest BCUT2D eigenvalue weighted by Crippen LogP contribution is 2.33. The molecule has 35 heavy (non-hydrogen) atoms. The molecule has 0 spiro atoms. The first-order valence-corrected chi connectivity index (χ1v) is 12.3. The van der Waals surface area contributed by atoms with E-state index in [1.807, 2.05) is 47.8 Å². The normalized spacial score (nSPS) is 16.1. The number of thiazole rings is 1.